The molecule has 122 valence electrons. The minimum atomic E-state index is 0.823. The summed E-state index contributed by atoms with van der Waals surface area (Å²) >= 11 is 0. The lowest BCUT2D eigenvalue weighted by atomic mass is 10.0. The lowest BCUT2D eigenvalue weighted by molar-refractivity contribution is 0.113. The van der Waals surface area contributed by atoms with Gasteiger partial charge in [0.2, 0.25) is 0 Å². The number of piperidine rings is 1. The van der Waals surface area contributed by atoms with Crippen LogP contribution in [-0.2, 0) is 6.54 Å². The first kappa shape index (κ1) is 15.9. The zero-order chi connectivity index (χ0) is 15.2. The van der Waals surface area contributed by atoms with Gasteiger partial charge in [-0.05, 0) is 69.7 Å². The lowest BCUT2D eigenvalue weighted by Gasteiger charge is -2.37. The summed E-state index contributed by atoms with van der Waals surface area (Å²) in [5.74, 6) is 0. The second-order valence-corrected chi connectivity index (χ2v) is 6.69. The zero-order valence-electron chi connectivity index (χ0n) is 14.0. The second kappa shape index (κ2) is 8.04. The molecule has 3 rings (SSSR count). The zero-order valence-corrected chi connectivity index (χ0v) is 14.0. The molecule has 2 aliphatic heterocycles. The van der Waals surface area contributed by atoms with Crippen molar-refractivity contribution in [3.8, 4) is 0 Å². The van der Waals surface area contributed by atoms with Gasteiger partial charge < -0.3 is 4.90 Å². The van der Waals surface area contributed by atoms with E-state index < -0.39 is 0 Å². The molecule has 0 radical (unpaired) electrons. The Balaban J connectivity index is 1.48. The summed E-state index contributed by atoms with van der Waals surface area (Å²) in [6, 6.07) is 5.11. The molecule has 0 aromatic carbocycles. The quantitative estimate of drug-likeness (QED) is 0.849. The Morgan fingerprint density at radius 1 is 0.955 bits per heavy atom. The van der Waals surface area contributed by atoms with Gasteiger partial charge in [0.15, 0.2) is 0 Å². The number of likely N-dealkylation sites (tertiary alicyclic amines) is 1. The van der Waals surface area contributed by atoms with Crippen molar-refractivity contribution in [3.63, 3.8) is 0 Å². The van der Waals surface area contributed by atoms with Crippen LogP contribution in [0, 0.1) is 0 Å². The van der Waals surface area contributed by atoms with Gasteiger partial charge in [0.1, 0.15) is 0 Å². The third-order valence-electron chi connectivity index (χ3n) is 5.30. The molecular formula is C18H30N4. The molecule has 0 bridgehead atoms. The topological polar surface area (TPSA) is 22.6 Å². The minimum absolute atomic E-state index is 0.823. The molecule has 0 spiro atoms. The van der Waals surface area contributed by atoms with Gasteiger partial charge in [-0.25, -0.2) is 0 Å². The van der Waals surface area contributed by atoms with E-state index in [4.69, 9.17) is 0 Å². The van der Waals surface area contributed by atoms with E-state index in [-0.39, 0.29) is 0 Å². The Hall–Kier alpha value is -0.970. The highest BCUT2D eigenvalue weighted by Crippen LogP contribution is 2.18. The largest absolute Gasteiger partial charge is 0.303 e. The molecule has 2 saturated heterocycles. The molecule has 0 unspecified atom stereocenters. The molecule has 3 heterocycles. The van der Waals surface area contributed by atoms with Gasteiger partial charge in [-0.1, -0.05) is 6.92 Å². The fourth-order valence-corrected chi connectivity index (χ4v) is 3.86. The van der Waals surface area contributed by atoms with Crippen LogP contribution in [0.4, 0.5) is 0 Å². The number of hydrogen-bond acceptors (Lipinski definition) is 4. The van der Waals surface area contributed by atoms with Gasteiger partial charge in [0, 0.05) is 38.1 Å². The molecule has 22 heavy (non-hydrogen) atoms. The van der Waals surface area contributed by atoms with Crippen LogP contribution in [-0.4, -0.2) is 71.5 Å². The van der Waals surface area contributed by atoms with Crippen molar-refractivity contribution >= 4 is 0 Å². The molecule has 0 atom stereocenters. The third-order valence-corrected chi connectivity index (χ3v) is 5.30. The van der Waals surface area contributed by atoms with Gasteiger partial charge in [0.25, 0.3) is 0 Å². The van der Waals surface area contributed by atoms with Crippen molar-refractivity contribution in [3.05, 3.63) is 30.1 Å². The van der Waals surface area contributed by atoms with Crippen LogP contribution in [0.5, 0.6) is 0 Å². The highest BCUT2D eigenvalue weighted by Gasteiger charge is 2.25. The van der Waals surface area contributed by atoms with E-state index in [9.17, 15) is 0 Å². The number of pyridine rings is 1. The third kappa shape index (κ3) is 4.28. The minimum Gasteiger partial charge on any atom is -0.303 e. The molecule has 0 saturated carbocycles. The first-order chi connectivity index (χ1) is 10.8. The molecule has 4 heteroatoms. The fraction of sp³-hybridized carbons (Fsp3) is 0.722. The highest BCUT2D eigenvalue weighted by molar-refractivity contribution is 5.09. The predicted molar refractivity (Wildman–Crippen MR) is 90.8 cm³/mol. The first-order valence-electron chi connectivity index (χ1n) is 8.93. The lowest BCUT2D eigenvalue weighted by Crippen LogP contribution is -2.46. The van der Waals surface area contributed by atoms with E-state index in [0.29, 0.717) is 0 Å². The van der Waals surface area contributed by atoms with Gasteiger partial charge in [0.05, 0.1) is 0 Å². The van der Waals surface area contributed by atoms with E-state index in [0.717, 1.165) is 12.6 Å². The van der Waals surface area contributed by atoms with Crippen LogP contribution in [0.3, 0.4) is 0 Å². The van der Waals surface area contributed by atoms with E-state index in [1.54, 1.807) is 0 Å². The van der Waals surface area contributed by atoms with E-state index in [1.807, 2.05) is 12.4 Å². The van der Waals surface area contributed by atoms with E-state index >= 15 is 0 Å². The SMILES string of the molecule is CCN1CCC(N2CCCN(Cc3ccncc3)CC2)CC1. The van der Waals surface area contributed by atoms with Crippen molar-refractivity contribution in [1.82, 2.24) is 19.7 Å². The number of aromatic nitrogens is 1. The molecular weight excluding hydrogens is 272 g/mol. The monoisotopic (exact) mass is 302 g/mol. The summed E-state index contributed by atoms with van der Waals surface area (Å²) in [6.45, 7) is 12.1. The Kier molecular flexibility index (Phi) is 5.82. The van der Waals surface area contributed by atoms with Crippen LogP contribution in [0.15, 0.2) is 24.5 Å². The smallest absolute Gasteiger partial charge is 0.0271 e. The first-order valence-corrected chi connectivity index (χ1v) is 8.93. The molecule has 0 aliphatic carbocycles. The van der Waals surface area contributed by atoms with Crippen molar-refractivity contribution in [2.24, 2.45) is 0 Å². The van der Waals surface area contributed by atoms with Crippen LogP contribution in [0.25, 0.3) is 0 Å². The standard InChI is InChI=1S/C18H30N4/c1-2-20-12-6-18(7-13-20)22-11-3-10-21(14-15-22)16-17-4-8-19-9-5-17/h4-5,8-9,18H,2-3,6-7,10-16H2,1H3. The maximum absolute atomic E-state index is 4.11. The van der Waals surface area contributed by atoms with Gasteiger partial charge in [-0.2, -0.15) is 0 Å². The van der Waals surface area contributed by atoms with Gasteiger partial charge >= 0.3 is 0 Å². The molecule has 4 nitrogen and oxygen atoms in total. The highest BCUT2D eigenvalue weighted by atomic mass is 15.2. The predicted octanol–water partition coefficient (Wildman–Crippen LogP) is 2.07. The van der Waals surface area contributed by atoms with Crippen molar-refractivity contribution < 1.29 is 0 Å². The van der Waals surface area contributed by atoms with Crippen LogP contribution < -0.4 is 0 Å². The normalized spacial score (nSPS) is 23.5. The Morgan fingerprint density at radius 2 is 1.73 bits per heavy atom. The van der Waals surface area contributed by atoms with E-state index in [2.05, 4.69) is 38.7 Å². The van der Waals surface area contributed by atoms with Crippen molar-refractivity contribution in [1.29, 1.82) is 0 Å². The van der Waals surface area contributed by atoms with Crippen LogP contribution in [0.1, 0.15) is 31.7 Å². The van der Waals surface area contributed by atoms with Crippen LogP contribution >= 0.6 is 0 Å². The summed E-state index contributed by atoms with van der Waals surface area (Å²) < 4.78 is 0. The molecule has 0 amide bonds. The fourth-order valence-electron chi connectivity index (χ4n) is 3.86. The maximum atomic E-state index is 4.11. The molecule has 2 fully saturated rings. The summed E-state index contributed by atoms with van der Waals surface area (Å²) in [5.41, 5.74) is 1.39. The van der Waals surface area contributed by atoms with Crippen molar-refractivity contribution in [2.45, 2.75) is 38.8 Å². The maximum Gasteiger partial charge on any atom is 0.0271 e. The summed E-state index contributed by atoms with van der Waals surface area (Å²) in [4.78, 5) is 12.1. The van der Waals surface area contributed by atoms with E-state index in [1.165, 1.54) is 70.6 Å². The number of rotatable bonds is 4. The summed E-state index contributed by atoms with van der Waals surface area (Å²) in [7, 11) is 0. The molecule has 2 aliphatic rings. The average molecular weight is 302 g/mol. The molecule has 1 aromatic heterocycles. The number of hydrogen-bond donors (Lipinski definition) is 0. The van der Waals surface area contributed by atoms with Gasteiger partial charge in [-0.15, -0.1) is 0 Å². The Morgan fingerprint density at radius 3 is 2.45 bits per heavy atom. The summed E-state index contributed by atoms with van der Waals surface area (Å²) in [5, 5.41) is 0. The average Bonchev–Trinajstić information content (AvgIpc) is 2.82. The Labute approximate surface area is 135 Å². The molecule has 0 N–H and O–H groups in total. The van der Waals surface area contributed by atoms with Gasteiger partial charge in [-0.3, -0.25) is 14.8 Å². The van der Waals surface area contributed by atoms with Crippen LogP contribution in [0.2, 0.25) is 0 Å². The Bertz CT molecular complexity index is 428. The number of nitrogens with zero attached hydrogens (tertiary/aromatic N) is 4. The molecule has 1 aromatic rings. The second-order valence-electron chi connectivity index (χ2n) is 6.69. The summed E-state index contributed by atoms with van der Waals surface area (Å²) in [6.07, 6.45) is 7.83. The van der Waals surface area contributed by atoms with Crippen molar-refractivity contribution in [2.75, 3.05) is 45.8 Å².